The molecule has 0 aliphatic carbocycles. The summed E-state index contributed by atoms with van der Waals surface area (Å²) in [4.78, 5) is 81.2. The normalized spacial score (nSPS) is 22.8. The molecule has 51 heavy (non-hydrogen) atoms. The van der Waals surface area contributed by atoms with Gasteiger partial charge in [-0.05, 0) is 95.9 Å². The summed E-state index contributed by atoms with van der Waals surface area (Å²) < 4.78 is 10.8. The van der Waals surface area contributed by atoms with E-state index in [1.807, 2.05) is 51.1 Å². The molecule has 0 spiro atoms. The van der Waals surface area contributed by atoms with Gasteiger partial charge in [0.1, 0.15) is 29.3 Å². The molecule has 2 heterocycles. The molecule has 0 saturated carbocycles. The lowest BCUT2D eigenvalue weighted by Gasteiger charge is -2.36. The number of nitrogens with zero attached hydrogens (tertiary/aromatic N) is 1. The zero-order chi connectivity index (χ0) is 37.2. The smallest absolute Gasteiger partial charge is 0.338 e. The first-order chi connectivity index (χ1) is 24.2. The second-order valence-electron chi connectivity index (χ2n) is 14.6. The van der Waals surface area contributed by atoms with Crippen molar-refractivity contribution >= 4 is 35.6 Å². The van der Waals surface area contributed by atoms with Crippen LogP contribution < -0.4 is 16.0 Å². The Morgan fingerprint density at radius 2 is 1.59 bits per heavy atom. The maximum absolute atomic E-state index is 14.1. The monoisotopic (exact) mass is 704 g/mol. The van der Waals surface area contributed by atoms with Gasteiger partial charge in [0, 0.05) is 19.4 Å². The number of ether oxygens (including phenoxy) is 2. The maximum atomic E-state index is 14.1. The number of benzene rings is 2. The highest BCUT2D eigenvalue weighted by molar-refractivity contribution is 5.99. The molecular formula is C39H52N4O8. The standard InChI is InChI=1S/C39H52N4O8/c1-6-39(5)37(49)41-30(25-27-19-17-26(18-20-27)21-22-32(44)51-38(2,3)4)35(47)43-23-12-16-31(43)34(46)40-29(33(45)42-39)15-10-11-24-50-36(48)28-13-8-7-9-14-28/h7-9,13-14,17-20,29-31H,6,10-12,15-16,21-25H2,1-5H3,(H,40,46)(H,41,49)(H,42,45)/t29-,30-,31+,39-/m0/s1. The number of fused-ring (bicyclic) bond motifs is 1. The number of carbonyl (C=O) groups excluding carboxylic acids is 6. The molecule has 0 aromatic heterocycles. The number of aryl methyl sites for hydroxylation is 1. The van der Waals surface area contributed by atoms with Crippen LogP contribution in [0.25, 0.3) is 0 Å². The van der Waals surface area contributed by atoms with E-state index >= 15 is 0 Å². The summed E-state index contributed by atoms with van der Waals surface area (Å²) in [6, 6.07) is 13.4. The summed E-state index contributed by atoms with van der Waals surface area (Å²) in [6.07, 6.45) is 3.35. The predicted molar refractivity (Wildman–Crippen MR) is 190 cm³/mol. The van der Waals surface area contributed by atoms with Crippen molar-refractivity contribution in [1.82, 2.24) is 20.9 Å². The predicted octanol–water partition coefficient (Wildman–Crippen LogP) is 3.79. The molecule has 0 radical (unpaired) electrons. The Bertz CT molecular complexity index is 1560. The fraction of sp³-hybridized carbons (Fsp3) is 0.538. The number of nitrogens with one attached hydrogen (secondary N) is 3. The molecule has 2 fully saturated rings. The van der Waals surface area contributed by atoms with E-state index in [1.54, 1.807) is 38.1 Å². The molecule has 2 aromatic carbocycles. The van der Waals surface area contributed by atoms with Crippen LogP contribution in [0.5, 0.6) is 0 Å². The quantitative estimate of drug-likeness (QED) is 0.222. The van der Waals surface area contributed by atoms with Crippen molar-refractivity contribution in [2.45, 2.75) is 122 Å². The van der Waals surface area contributed by atoms with Crippen molar-refractivity contribution in [3.8, 4) is 0 Å². The molecule has 3 N–H and O–H groups in total. The minimum absolute atomic E-state index is 0.145. The van der Waals surface area contributed by atoms with E-state index in [0.717, 1.165) is 11.1 Å². The van der Waals surface area contributed by atoms with Crippen molar-refractivity contribution in [1.29, 1.82) is 0 Å². The summed E-state index contributed by atoms with van der Waals surface area (Å²) in [5, 5.41) is 8.63. The van der Waals surface area contributed by atoms with E-state index in [9.17, 15) is 28.8 Å². The third-order valence-electron chi connectivity index (χ3n) is 9.31. The Kier molecular flexibility index (Phi) is 13.4. The van der Waals surface area contributed by atoms with Crippen LogP contribution in [0.2, 0.25) is 0 Å². The molecular weight excluding hydrogens is 652 g/mol. The van der Waals surface area contributed by atoms with Crippen molar-refractivity contribution in [3.63, 3.8) is 0 Å². The lowest BCUT2D eigenvalue weighted by atomic mass is 9.94. The first-order valence-corrected chi connectivity index (χ1v) is 17.9. The van der Waals surface area contributed by atoms with E-state index in [4.69, 9.17) is 9.47 Å². The third-order valence-corrected chi connectivity index (χ3v) is 9.31. The summed E-state index contributed by atoms with van der Waals surface area (Å²) in [5.41, 5.74) is 0.251. The largest absolute Gasteiger partial charge is 0.462 e. The molecule has 0 unspecified atom stereocenters. The summed E-state index contributed by atoms with van der Waals surface area (Å²) in [5.74, 6) is -2.50. The Morgan fingerprint density at radius 3 is 2.25 bits per heavy atom. The molecule has 276 valence electrons. The van der Waals surface area contributed by atoms with E-state index in [-0.39, 0.29) is 44.2 Å². The number of amides is 4. The van der Waals surface area contributed by atoms with E-state index in [0.29, 0.717) is 44.2 Å². The first-order valence-electron chi connectivity index (χ1n) is 17.9. The van der Waals surface area contributed by atoms with Crippen LogP contribution in [0.1, 0.15) is 101 Å². The minimum atomic E-state index is -1.36. The van der Waals surface area contributed by atoms with E-state index < -0.39 is 53.0 Å². The van der Waals surface area contributed by atoms with Gasteiger partial charge >= 0.3 is 11.9 Å². The number of hydrogen-bond acceptors (Lipinski definition) is 8. The number of unbranched alkanes of at least 4 members (excludes halogenated alkanes) is 1. The highest BCUT2D eigenvalue weighted by Crippen LogP contribution is 2.23. The van der Waals surface area contributed by atoms with Gasteiger partial charge in [-0.15, -0.1) is 0 Å². The Balaban J connectivity index is 1.44. The van der Waals surface area contributed by atoms with Crippen molar-refractivity contribution in [3.05, 3.63) is 71.3 Å². The lowest BCUT2D eigenvalue weighted by Crippen LogP contribution is -2.65. The summed E-state index contributed by atoms with van der Waals surface area (Å²) in [7, 11) is 0. The van der Waals surface area contributed by atoms with Gasteiger partial charge in [0.15, 0.2) is 0 Å². The molecule has 12 heteroatoms. The molecule has 4 atom stereocenters. The average Bonchev–Trinajstić information content (AvgIpc) is 3.59. The topological polar surface area (TPSA) is 160 Å². The maximum Gasteiger partial charge on any atom is 0.338 e. The molecule has 2 aliphatic heterocycles. The van der Waals surface area contributed by atoms with Crippen LogP contribution in [0.4, 0.5) is 0 Å². The zero-order valence-electron chi connectivity index (χ0n) is 30.4. The molecule has 12 nitrogen and oxygen atoms in total. The van der Waals surface area contributed by atoms with Crippen LogP contribution in [0.3, 0.4) is 0 Å². The molecule has 0 bridgehead atoms. The van der Waals surface area contributed by atoms with Crippen LogP contribution in [0, 0.1) is 0 Å². The minimum Gasteiger partial charge on any atom is -0.462 e. The van der Waals surface area contributed by atoms with Crippen molar-refractivity contribution < 1.29 is 38.2 Å². The first kappa shape index (κ1) is 39.1. The van der Waals surface area contributed by atoms with Crippen LogP contribution in [-0.2, 0) is 46.3 Å². The Hall–Kier alpha value is -4.74. The van der Waals surface area contributed by atoms with Gasteiger partial charge in [0.2, 0.25) is 23.6 Å². The fourth-order valence-electron chi connectivity index (χ4n) is 6.21. The van der Waals surface area contributed by atoms with E-state index in [2.05, 4.69) is 16.0 Å². The van der Waals surface area contributed by atoms with Crippen molar-refractivity contribution in [2.24, 2.45) is 0 Å². The molecule has 4 amide bonds. The van der Waals surface area contributed by atoms with Crippen LogP contribution in [0.15, 0.2) is 54.6 Å². The number of rotatable bonds is 12. The second kappa shape index (κ2) is 17.5. The summed E-state index contributed by atoms with van der Waals surface area (Å²) >= 11 is 0. The third kappa shape index (κ3) is 11.1. The van der Waals surface area contributed by atoms with Gasteiger partial charge in [-0.3, -0.25) is 24.0 Å². The van der Waals surface area contributed by atoms with Gasteiger partial charge < -0.3 is 30.3 Å². The van der Waals surface area contributed by atoms with Gasteiger partial charge in [0.05, 0.1) is 12.2 Å². The number of esters is 2. The Labute approximate surface area is 300 Å². The number of hydrogen-bond donors (Lipinski definition) is 3. The van der Waals surface area contributed by atoms with Gasteiger partial charge in [-0.25, -0.2) is 4.79 Å². The molecule has 2 aromatic rings. The van der Waals surface area contributed by atoms with Gasteiger partial charge in [-0.2, -0.15) is 0 Å². The van der Waals surface area contributed by atoms with Crippen LogP contribution in [-0.4, -0.2) is 82.9 Å². The highest BCUT2D eigenvalue weighted by Gasteiger charge is 2.43. The van der Waals surface area contributed by atoms with Gasteiger partial charge in [-0.1, -0.05) is 49.4 Å². The van der Waals surface area contributed by atoms with Crippen molar-refractivity contribution in [2.75, 3.05) is 13.2 Å². The zero-order valence-corrected chi connectivity index (χ0v) is 30.4. The molecule has 4 rings (SSSR count). The lowest BCUT2D eigenvalue weighted by molar-refractivity contribution is -0.154. The summed E-state index contributed by atoms with van der Waals surface area (Å²) in [6.45, 7) is 9.34. The molecule has 2 aliphatic rings. The molecule has 2 saturated heterocycles. The average molecular weight is 705 g/mol. The second-order valence-corrected chi connectivity index (χ2v) is 14.6. The Morgan fingerprint density at radius 1 is 0.902 bits per heavy atom. The fourth-order valence-corrected chi connectivity index (χ4v) is 6.21. The highest BCUT2D eigenvalue weighted by atomic mass is 16.6. The number of carbonyl (C=O) groups is 6. The van der Waals surface area contributed by atoms with Gasteiger partial charge in [0.25, 0.3) is 0 Å². The van der Waals surface area contributed by atoms with Crippen LogP contribution >= 0.6 is 0 Å². The SMILES string of the molecule is CC[C@]1(C)NC(=O)[C@H](CCCCOC(=O)c2ccccc2)NC(=O)[C@H]2CCCN2C(=O)[C@H](Cc2ccc(CCC(=O)OC(C)(C)C)cc2)NC1=O. The van der Waals surface area contributed by atoms with E-state index in [1.165, 1.54) is 4.90 Å².